The predicted molar refractivity (Wildman–Crippen MR) is 94.6 cm³/mol. The van der Waals surface area contributed by atoms with Crippen molar-refractivity contribution in [3.63, 3.8) is 0 Å². The zero-order valence-electron chi connectivity index (χ0n) is 12.7. The third-order valence-corrected chi connectivity index (χ3v) is 4.73. The SMILES string of the molecule is Cl.O=S(=O)(Cl)c1ccc(Nc2ncnc3cc(C(F)(F)F)ccc23)cc1. The molecule has 5 nitrogen and oxygen atoms in total. The van der Waals surface area contributed by atoms with Crippen LogP contribution in [0.4, 0.5) is 24.7 Å². The zero-order chi connectivity index (χ0) is 18.2. The quantitative estimate of drug-likeness (QED) is 0.615. The summed E-state index contributed by atoms with van der Waals surface area (Å²) in [6, 6.07) is 8.69. The summed E-state index contributed by atoms with van der Waals surface area (Å²) in [7, 11) is 1.41. The van der Waals surface area contributed by atoms with E-state index < -0.39 is 20.8 Å². The Morgan fingerprint density at radius 1 is 1.00 bits per heavy atom. The highest BCUT2D eigenvalue weighted by Crippen LogP contribution is 2.32. The van der Waals surface area contributed by atoms with Crippen LogP contribution in [0.5, 0.6) is 0 Å². The van der Waals surface area contributed by atoms with Gasteiger partial charge in [0.05, 0.1) is 16.0 Å². The second kappa shape index (κ2) is 7.26. The second-order valence-electron chi connectivity index (χ2n) is 5.04. The first kappa shape index (κ1) is 20.2. The molecule has 0 unspecified atom stereocenters. The maximum atomic E-state index is 12.8. The molecule has 0 fully saturated rings. The Morgan fingerprint density at radius 3 is 2.23 bits per heavy atom. The lowest BCUT2D eigenvalue weighted by molar-refractivity contribution is -0.137. The summed E-state index contributed by atoms with van der Waals surface area (Å²) < 4.78 is 60.8. The average molecular weight is 424 g/mol. The van der Waals surface area contributed by atoms with Crippen LogP contribution in [-0.2, 0) is 15.2 Å². The number of fused-ring (bicyclic) bond motifs is 1. The van der Waals surface area contributed by atoms with Crippen LogP contribution < -0.4 is 5.32 Å². The monoisotopic (exact) mass is 423 g/mol. The molecule has 0 radical (unpaired) electrons. The van der Waals surface area contributed by atoms with E-state index in [-0.39, 0.29) is 22.8 Å². The van der Waals surface area contributed by atoms with Crippen LogP contribution in [0.2, 0.25) is 0 Å². The molecule has 0 spiro atoms. The van der Waals surface area contributed by atoms with Crippen LogP contribution in [-0.4, -0.2) is 18.4 Å². The fourth-order valence-corrected chi connectivity index (χ4v) is 2.94. The number of hydrogen-bond donors (Lipinski definition) is 1. The third kappa shape index (κ3) is 4.35. The average Bonchev–Trinajstić information content (AvgIpc) is 2.53. The molecule has 0 aliphatic rings. The maximum absolute atomic E-state index is 12.8. The smallest absolute Gasteiger partial charge is 0.340 e. The Labute approximate surface area is 157 Å². The van der Waals surface area contributed by atoms with Crippen molar-refractivity contribution < 1.29 is 21.6 Å². The van der Waals surface area contributed by atoms with Gasteiger partial charge in [-0.05, 0) is 42.5 Å². The Kier molecular flexibility index (Phi) is 5.64. The molecule has 3 aromatic rings. The number of anilines is 2. The van der Waals surface area contributed by atoms with E-state index in [1.54, 1.807) is 0 Å². The van der Waals surface area contributed by atoms with Gasteiger partial charge in [0.15, 0.2) is 0 Å². The molecule has 0 aliphatic carbocycles. The van der Waals surface area contributed by atoms with Crippen molar-refractivity contribution in [2.45, 2.75) is 11.1 Å². The van der Waals surface area contributed by atoms with Crippen molar-refractivity contribution in [2.24, 2.45) is 0 Å². The van der Waals surface area contributed by atoms with Crippen LogP contribution >= 0.6 is 23.1 Å². The lowest BCUT2D eigenvalue weighted by atomic mass is 10.1. The molecule has 0 amide bonds. The van der Waals surface area contributed by atoms with Crippen LogP contribution in [0.15, 0.2) is 53.7 Å². The van der Waals surface area contributed by atoms with Gasteiger partial charge in [0.2, 0.25) is 0 Å². The first-order valence-electron chi connectivity index (χ1n) is 6.78. The summed E-state index contributed by atoms with van der Waals surface area (Å²) in [5.41, 5.74) is -0.183. The summed E-state index contributed by atoms with van der Waals surface area (Å²) >= 11 is 0. The van der Waals surface area contributed by atoms with Crippen molar-refractivity contribution in [1.82, 2.24) is 9.97 Å². The minimum atomic E-state index is -4.46. The molecule has 0 atom stereocenters. The fourth-order valence-electron chi connectivity index (χ4n) is 2.17. The maximum Gasteiger partial charge on any atom is 0.416 e. The number of rotatable bonds is 3. The molecular weight excluding hydrogens is 414 g/mol. The number of halogens is 5. The Hall–Kier alpha value is -2.10. The largest absolute Gasteiger partial charge is 0.416 e. The molecule has 3 rings (SSSR count). The van der Waals surface area contributed by atoms with E-state index in [4.69, 9.17) is 10.7 Å². The molecule has 0 bridgehead atoms. The Balaban J connectivity index is 0.00000243. The number of benzene rings is 2. The molecule has 0 aliphatic heterocycles. The highest BCUT2D eigenvalue weighted by atomic mass is 35.7. The molecular formula is C15H10Cl2F3N3O2S. The molecule has 11 heteroatoms. The van der Waals surface area contributed by atoms with E-state index in [0.717, 1.165) is 18.5 Å². The summed E-state index contributed by atoms with van der Waals surface area (Å²) in [5, 5.41) is 3.31. The Bertz CT molecular complexity index is 1040. The van der Waals surface area contributed by atoms with E-state index in [9.17, 15) is 21.6 Å². The first-order valence-corrected chi connectivity index (χ1v) is 9.09. The zero-order valence-corrected chi connectivity index (χ0v) is 15.0. The van der Waals surface area contributed by atoms with Gasteiger partial charge in [-0.1, -0.05) is 0 Å². The van der Waals surface area contributed by atoms with Crippen LogP contribution in [0, 0.1) is 0 Å². The van der Waals surface area contributed by atoms with E-state index >= 15 is 0 Å². The van der Waals surface area contributed by atoms with E-state index in [1.807, 2.05) is 0 Å². The summed E-state index contributed by atoms with van der Waals surface area (Å²) in [6.07, 6.45) is -3.32. The molecule has 2 aromatic carbocycles. The standard InChI is InChI=1S/C15H9ClF3N3O2S.ClH/c16-25(23,24)11-4-2-10(3-5-11)22-14-12-6-1-9(15(17,18)19)7-13(12)20-8-21-14;/h1-8H,(H,20,21,22);1H. The molecule has 1 N–H and O–H groups in total. The minimum absolute atomic E-state index is 0. The van der Waals surface area contributed by atoms with Crippen molar-refractivity contribution in [3.05, 3.63) is 54.4 Å². The molecule has 0 saturated heterocycles. The van der Waals surface area contributed by atoms with Gasteiger partial charge in [-0.3, -0.25) is 0 Å². The number of aromatic nitrogens is 2. The van der Waals surface area contributed by atoms with Crippen LogP contribution in [0.3, 0.4) is 0 Å². The van der Waals surface area contributed by atoms with Crippen LogP contribution in [0.1, 0.15) is 5.56 Å². The van der Waals surface area contributed by atoms with Crippen LogP contribution in [0.25, 0.3) is 10.9 Å². The van der Waals surface area contributed by atoms with Gasteiger partial charge in [0.25, 0.3) is 9.05 Å². The molecule has 1 aromatic heterocycles. The molecule has 138 valence electrons. The van der Waals surface area contributed by atoms with Crippen molar-refractivity contribution in [1.29, 1.82) is 0 Å². The topological polar surface area (TPSA) is 72.0 Å². The predicted octanol–water partition coefficient (Wildman–Crippen LogP) is 4.74. The molecule has 26 heavy (non-hydrogen) atoms. The first-order chi connectivity index (χ1) is 11.6. The number of nitrogens with zero attached hydrogens (tertiary/aromatic N) is 2. The third-order valence-electron chi connectivity index (χ3n) is 3.36. The lowest BCUT2D eigenvalue weighted by Gasteiger charge is -2.11. The fraction of sp³-hybridized carbons (Fsp3) is 0.0667. The number of nitrogens with one attached hydrogen (secondary N) is 1. The summed E-state index contributed by atoms with van der Waals surface area (Å²) in [4.78, 5) is 7.81. The second-order valence-corrected chi connectivity index (χ2v) is 7.61. The van der Waals surface area contributed by atoms with Crippen molar-refractivity contribution >= 4 is 54.5 Å². The van der Waals surface area contributed by atoms with Gasteiger partial charge in [-0.15, -0.1) is 12.4 Å². The number of alkyl halides is 3. The molecule has 0 saturated carbocycles. The summed E-state index contributed by atoms with van der Waals surface area (Å²) in [5.74, 6) is 0.292. The van der Waals surface area contributed by atoms with E-state index in [2.05, 4.69) is 15.3 Å². The normalized spacial score (nSPS) is 11.8. The van der Waals surface area contributed by atoms with Gasteiger partial charge < -0.3 is 5.32 Å². The van der Waals surface area contributed by atoms with Gasteiger partial charge >= 0.3 is 6.18 Å². The van der Waals surface area contributed by atoms with E-state index in [1.165, 1.54) is 30.3 Å². The van der Waals surface area contributed by atoms with Gasteiger partial charge in [-0.2, -0.15) is 13.2 Å². The summed E-state index contributed by atoms with van der Waals surface area (Å²) in [6.45, 7) is 0. The minimum Gasteiger partial charge on any atom is -0.340 e. The molecule has 1 heterocycles. The van der Waals surface area contributed by atoms with Gasteiger partial charge in [-0.25, -0.2) is 18.4 Å². The highest BCUT2D eigenvalue weighted by molar-refractivity contribution is 8.13. The van der Waals surface area contributed by atoms with E-state index in [0.29, 0.717) is 16.9 Å². The van der Waals surface area contributed by atoms with Gasteiger partial charge in [0, 0.05) is 21.8 Å². The van der Waals surface area contributed by atoms with Gasteiger partial charge in [0.1, 0.15) is 12.1 Å². The lowest BCUT2D eigenvalue weighted by Crippen LogP contribution is -2.05. The van der Waals surface area contributed by atoms with Crippen molar-refractivity contribution in [3.8, 4) is 0 Å². The number of hydrogen-bond acceptors (Lipinski definition) is 5. The Morgan fingerprint density at radius 2 is 1.65 bits per heavy atom. The van der Waals surface area contributed by atoms with Crippen molar-refractivity contribution in [2.75, 3.05) is 5.32 Å². The highest BCUT2D eigenvalue weighted by Gasteiger charge is 2.30.